The van der Waals surface area contributed by atoms with E-state index in [1.807, 2.05) is 25.1 Å². The summed E-state index contributed by atoms with van der Waals surface area (Å²) in [7, 11) is 1.57. The summed E-state index contributed by atoms with van der Waals surface area (Å²) < 4.78 is 17.4. The molecule has 1 atom stereocenters. The minimum Gasteiger partial charge on any atom is -0.454 e. The molecule has 0 spiro atoms. The molecular formula is C22H22ClN3O5S. The van der Waals surface area contributed by atoms with Crippen molar-refractivity contribution in [1.82, 2.24) is 14.9 Å². The number of hydrogen-bond donors (Lipinski definition) is 1. The number of thioether (sulfide) groups is 1. The molecule has 1 unspecified atom stereocenters. The predicted octanol–water partition coefficient (Wildman–Crippen LogP) is 3.39. The molecule has 0 saturated carbocycles. The van der Waals surface area contributed by atoms with Gasteiger partial charge in [0.15, 0.2) is 16.7 Å². The average molecular weight is 476 g/mol. The van der Waals surface area contributed by atoms with Gasteiger partial charge in [-0.15, -0.1) is 0 Å². The van der Waals surface area contributed by atoms with Crippen LogP contribution < -0.4 is 20.3 Å². The van der Waals surface area contributed by atoms with E-state index < -0.39 is 0 Å². The van der Waals surface area contributed by atoms with E-state index in [0.717, 1.165) is 5.56 Å². The number of rotatable bonds is 8. The fourth-order valence-corrected chi connectivity index (χ4v) is 4.35. The number of benzene rings is 2. The molecule has 10 heteroatoms. The van der Waals surface area contributed by atoms with Crippen LogP contribution in [0.2, 0.25) is 5.02 Å². The molecule has 0 fully saturated rings. The molecule has 0 aliphatic carbocycles. The van der Waals surface area contributed by atoms with Crippen LogP contribution in [0, 0.1) is 0 Å². The van der Waals surface area contributed by atoms with Gasteiger partial charge in [-0.3, -0.25) is 14.2 Å². The Hall–Kier alpha value is -2.75. The maximum atomic E-state index is 13.0. The monoisotopic (exact) mass is 475 g/mol. The summed E-state index contributed by atoms with van der Waals surface area (Å²) in [6.07, 6.45) is 0. The van der Waals surface area contributed by atoms with Gasteiger partial charge in [0, 0.05) is 12.1 Å². The number of hydrogen-bond acceptors (Lipinski definition) is 7. The van der Waals surface area contributed by atoms with E-state index in [0.29, 0.717) is 45.7 Å². The number of amides is 1. The molecule has 0 radical (unpaired) electrons. The van der Waals surface area contributed by atoms with E-state index in [1.54, 1.807) is 25.3 Å². The number of carbonyl (C=O) groups excluding carboxylic acids is 1. The Bertz CT molecular complexity index is 1220. The molecule has 32 heavy (non-hydrogen) atoms. The van der Waals surface area contributed by atoms with Crippen molar-refractivity contribution in [3.63, 3.8) is 0 Å². The van der Waals surface area contributed by atoms with Crippen molar-refractivity contribution in [3.05, 3.63) is 57.3 Å². The molecule has 0 saturated heterocycles. The first-order valence-electron chi connectivity index (χ1n) is 9.97. The van der Waals surface area contributed by atoms with E-state index in [9.17, 15) is 9.59 Å². The number of fused-ring (bicyclic) bond motifs is 2. The normalized spacial score (nSPS) is 13.3. The Morgan fingerprint density at radius 3 is 2.91 bits per heavy atom. The summed E-state index contributed by atoms with van der Waals surface area (Å²) in [6.45, 7) is 2.77. The van der Waals surface area contributed by atoms with Crippen LogP contribution in [0.15, 0.2) is 46.3 Å². The van der Waals surface area contributed by atoms with Crippen LogP contribution in [0.3, 0.4) is 0 Å². The van der Waals surface area contributed by atoms with Crippen molar-refractivity contribution in [2.45, 2.75) is 24.7 Å². The van der Waals surface area contributed by atoms with Gasteiger partial charge >= 0.3 is 0 Å². The van der Waals surface area contributed by atoms with Crippen LogP contribution in [0.4, 0.5) is 0 Å². The third kappa shape index (κ3) is 4.85. The zero-order valence-corrected chi connectivity index (χ0v) is 19.2. The van der Waals surface area contributed by atoms with Gasteiger partial charge in [-0.05, 0) is 42.8 Å². The summed E-state index contributed by atoms with van der Waals surface area (Å²) in [5, 5.41) is 4.36. The van der Waals surface area contributed by atoms with E-state index in [-0.39, 0.29) is 30.1 Å². The average Bonchev–Trinajstić information content (AvgIpc) is 3.25. The number of halogens is 1. The minimum atomic E-state index is -0.225. The van der Waals surface area contributed by atoms with Gasteiger partial charge < -0.3 is 19.5 Å². The quantitative estimate of drug-likeness (QED) is 0.394. The van der Waals surface area contributed by atoms with E-state index >= 15 is 0 Å². The summed E-state index contributed by atoms with van der Waals surface area (Å²) >= 11 is 7.26. The Kier molecular flexibility index (Phi) is 6.88. The number of carbonyl (C=O) groups is 1. The zero-order valence-electron chi connectivity index (χ0n) is 17.6. The molecule has 1 N–H and O–H groups in total. The van der Waals surface area contributed by atoms with Crippen LogP contribution in [-0.4, -0.2) is 41.7 Å². The highest BCUT2D eigenvalue weighted by Gasteiger charge is 2.18. The Morgan fingerprint density at radius 1 is 1.28 bits per heavy atom. The Morgan fingerprint density at radius 2 is 2.09 bits per heavy atom. The number of ether oxygens (including phenoxy) is 3. The van der Waals surface area contributed by atoms with Crippen LogP contribution in [0.1, 0.15) is 18.5 Å². The van der Waals surface area contributed by atoms with Gasteiger partial charge in [-0.1, -0.05) is 29.4 Å². The van der Waals surface area contributed by atoms with Crippen LogP contribution in [-0.2, 0) is 16.1 Å². The maximum Gasteiger partial charge on any atom is 0.262 e. The lowest BCUT2D eigenvalue weighted by molar-refractivity contribution is -0.119. The molecule has 168 valence electrons. The van der Waals surface area contributed by atoms with E-state index in [2.05, 4.69) is 10.3 Å². The molecule has 4 rings (SSSR count). The SMILES string of the molecule is COCCn1c(SCC(=O)NC(C)c2ccc3c(c2)OCO3)nc2cc(Cl)ccc2c1=O. The van der Waals surface area contributed by atoms with Crippen molar-refractivity contribution in [3.8, 4) is 11.5 Å². The molecular weight excluding hydrogens is 454 g/mol. The second kappa shape index (κ2) is 9.81. The highest BCUT2D eigenvalue weighted by Crippen LogP contribution is 2.34. The van der Waals surface area contributed by atoms with E-state index in [1.165, 1.54) is 16.3 Å². The molecule has 2 heterocycles. The first-order valence-corrected chi connectivity index (χ1v) is 11.3. The van der Waals surface area contributed by atoms with Crippen LogP contribution in [0.25, 0.3) is 10.9 Å². The van der Waals surface area contributed by atoms with Crippen molar-refractivity contribution in [1.29, 1.82) is 0 Å². The lowest BCUT2D eigenvalue weighted by Crippen LogP contribution is -2.29. The fourth-order valence-electron chi connectivity index (χ4n) is 3.34. The summed E-state index contributed by atoms with van der Waals surface area (Å²) in [4.78, 5) is 30.1. The molecule has 3 aromatic rings. The number of nitrogens with zero attached hydrogens (tertiary/aromatic N) is 2. The van der Waals surface area contributed by atoms with Crippen molar-refractivity contribution in [2.75, 3.05) is 26.3 Å². The first-order chi connectivity index (χ1) is 15.5. The number of aromatic nitrogens is 2. The lowest BCUT2D eigenvalue weighted by Gasteiger charge is -2.16. The van der Waals surface area contributed by atoms with Gasteiger partial charge in [0.25, 0.3) is 5.56 Å². The molecule has 1 aliphatic heterocycles. The fraction of sp³-hybridized carbons (Fsp3) is 0.318. The Balaban J connectivity index is 1.48. The lowest BCUT2D eigenvalue weighted by atomic mass is 10.1. The van der Waals surface area contributed by atoms with Gasteiger partial charge in [-0.2, -0.15) is 0 Å². The Labute approximate surface area is 193 Å². The van der Waals surface area contributed by atoms with Crippen LogP contribution in [0.5, 0.6) is 11.5 Å². The molecule has 1 aliphatic rings. The minimum absolute atomic E-state index is 0.0976. The smallest absolute Gasteiger partial charge is 0.262 e. The summed E-state index contributed by atoms with van der Waals surface area (Å²) in [5.74, 6) is 1.28. The third-order valence-corrected chi connectivity index (χ3v) is 6.22. The van der Waals surface area contributed by atoms with Crippen molar-refractivity contribution in [2.24, 2.45) is 0 Å². The van der Waals surface area contributed by atoms with Gasteiger partial charge in [-0.25, -0.2) is 4.98 Å². The standard InChI is InChI=1S/C22H22ClN3O5S/c1-13(14-3-6-18-19(9-14)31-12-30-18)24-20(27)11-32-22-25-17-10-15(23)4-5-16(17)21(28)26(22)7-8-29-2/h3-6,9-10,13H,7-8,11-12H2,1-2H3,(H,24,27). The van der Waals surface area contributed by atoms with Gasteiger partial charge in [0.1, 0.15) is 0 Å². The molecule has 0 bridgehead atoms. The predicted molar refractivity (Wildman–Crippen MR) is 123 cm³/mol. The first kappa shape index (κ1) is 22.4. The second-order valence-electron chi connectivity index (χ2n) is 7.20. The molecule has 2 aromatic carbocycles. The highest BCUT2D eigenvalue weighted by atomic mass is 35.5. The molecule has 1 amide bonds. The highest BCUT2D eigenvalue weighted by molar-refractivity contribution is 7.99. The van der Waals surface area contributed by atoms with E-state index in [4.69, 9.17) is 25.8 Å². The topological polar surface area (TPSA) is 91.7 Å². The number of methoxy groups -OCH3 is 1. The second-order valence-corrected chi connectivity index (χ2v) is 8.57. The van der Waals surface area contributed by atoms with Gasteiger partial charge in [0.05, 0.1) is 35.8 Å². The number of nitrogens with one attached hydrogen (secondary N) is 1. The summed E-state index contributed by atoms with van der Waals surface area (Å²) in [6, 6.07) is 10.3. The van der Waals surface area contributed by atoms with Crippen molar-refractivity contribution >= 4 is 40.2 Å². The third-order valence-electron chi connectivity index (χ3n) is 5.01. The van der Waals surface area contributed by atoms with Crippen LogP contribution >= 0.6 is 23.4 Å². The van der Waals surface area contributed by atoms with Gasteiger partial charge in [0.2, 0.25) is 12.7 Å². The molecule has 8 nitrogen and oxygen atoms in total. The van der Waals surface area contributed by atoms with Crippen molar-refractivity contribution < 1.29 is 19.0 Å². The largest absolute Gasteiger partial charge is 0.454 e. The summed E-state index contributed by atoms with van der Waals surface area (Å²) in [5.41, 5.74) is 1.20. The molecule has 1 aromatic heterocycles. The maximum absolute atomic E-state index is 13.0. The zero-order chi connectivity index (χ0) is 22.7.